The molecule has 6 heteroatoms. The molecule has 2 aromatic heterocycles. The zero-order valence-electron chi connectivity index (χ0n) is 12.1. The minimum atomic E-state index is -0.0637. The zero-order valence-corrected chi connectivity index (χ0v) is 12.1. The maximum Gasteiger partial charge on any atom is 0.290 e. The summed E-state index contributed by atoms with van der Waals surface area (Å²) >= 11 is 0. The van der Waals surface area contributed by atoms with Crippen molar-refractivity contribution in [1.29, 1.82) is 0 Å². The molecule has 4 heterocycles. The molecular weight excluding hydrogens is 282 g/mol. The summed E-state index contributed by atoms with van der Waals surface area (Å²) in [4.78, 5) is 31.7. The number of likely N-dealkylation sites (tertiary alicyclic amines) is 1. The Balaban J connectivity index is 1.52. The van der Waals surface area contributed by atoms with Gasteiger partial charge in [-0.25, -0.2) is 0 Å². The number of carbonyl (C=O) groups is 2. The molecule has 2 amide bonds. The molecule has 0 aromatic carbocycles. The highest BCUT2D eigenvalue weighted by atomic mass is 16.3. The number of nitrogens with one attached hydrogen (secondary N) is 1. The first-order valence-electron chi connectivity index (χ1n) is 7.52. The van der Waals surface area contributed by atoms with E-state index in [1.165, 1.54) is 6.26 Å². The van der Waals surface area contributed by atoms with Crippen molar-refractivity contribution in [1.82, 2.24) is 14.8 Å². The minimum Gasteiger partial charge on any atom is -0.459 e. The Labute approximate surface area is 127 Å². The van der Waals surface area contributed by atoms with Crippen LogP contribution in [0.3, 0.4) is 0 Å². The molecule has 0 aliphatic carbocycles. The fraction of sp³-hybridized carbons (Fsp3) is 0.375. The molecule has 2 aromatic rings. The summed E-state index contributed by atoms with van der Waals surface area (Å²) in [5.41, 5.74) is 0.671. The molecule has 0 spiro atoms. The molecular formula is C16H17N3O3. The van der Waals surface area contributed by atoms with Gasteiger partial charge in [0, 0.05) is 25.5 Å². The van der Waals surface area contributed by atoms with Crippen molar-refractivity contribution in [3.8, 4) is 0 Å². The topological polar surface area (TPSA) is 69.6 Å². The van der Waals surface area contributed by atoms with Gasteiger partial charge in [-0.15, -0.1) is 0 Å². The van der Waals surface area contributed by atoms with E-state index in [0.717, 1.165) is 12.8 Å². The monoisotopic (exact) mass is 299 g/mol. The number of hydrogen-bond donors (Lipinski definition) is 1. The lowest BCUT2D eigenvalue weighted by Gasteiger charge is -2.40. The van der Waals surface area contributed by atoms with Crippen LogP contribution in [0.4, 0.5) is 0 Å². The van der Waals surface area contributed by atoms with E-state index < -0.39 is 0 Å². The molecule has 2 saturated heterocycles. The van der Waals surface area contributed by atoms with E-state index in [0.29, 0.717) is 24.4 Å². The molecule has 2 aliphatic rings. The molecule has 2 fully saturated rings. The SMILES string of the molecule is O=C(c1cc[nH]c1)N1CC2CCC(C1)N2C(=O)c1ccco1. The van der Waals surface area contributed by atoms with Crippen LogP contribution in [-0.2, 0) is 0 Å². The Kier molecular flexibility index (Phi) is 3.03. The van der Waals surface area contributed by atoms with Gasteiger partial charge in [-0.1, -0.05) is 0 Å². The van der Waals surface area contributed by atoms with Gasteiger partial charge in [0.1, 0.15) is 0 Å². The minimum absolute atomic E-state index is 0.0308. The standard InChI is InChI=1S/C16H17N3O3/c20-15(11-5-6-17-8-11)18-9-12-3-4-13(10-18)19(12)16(21)14-2-1-7-22-14/h1-2,5-8,12-13,17H,3-4,9-10H2. The number of piperazine rings is 1. The lowest BCUT2D eigenvalue weighted by atomic mass is 10.1. The van der Waals surface area contributed by atoms with E-state index in [1.54, 1.807) is 30.6 Å². The molecule has 2 aliphatic heterocycles. The fourth-order valence-electron chi connectivity index (χ4n) is 3.57. The second kappa shape index (κ2) is 5.05. The highest BCUT2D eigenvalue weighted by Gasteiger charge is 2.44. The Morgan fingerprint density at radius 1 is 1.14 bits per heavy atom. The summed E-state index contributed by atoms with van der Waals surface area (Å²) in [5, 5.41) is 0. The Bertz CT molecular complexity index is 664. The van der Waals surface area contributed by atoms with Crippen LogP contribution in [-0.4, -0.2) is 51.8 Å². The van der Waals surface area contributed by atoms with Crippen molar-refractivity contribution >= 4 is 11.8 Å². The molecule has 0 radical (unpaired) electrons. The molecule has 22 heavy (non-hydrogen) atoms. The van der Waals surface area contributed by atoms with Crippen LogP contribution in [0, 0.1) is 0 Å². The van der Waals surface area contributed by atoms with Crippen LogP contribution in [0.25, 0.3) is 0 Å². The van der Waals surface area contributed by atoms with Gasteiger partial charge in [-0.3, -0.25) is 9.59 Å². The Morgan fingerprint density at radius 3 is 2.50 bits per heavy atom. The van der Waals surface area contributed by atoms with Gasteiger partial charge in [0.15, 0.2) is 5.76 Å². The molecule has 0 saturated carbocycles. The van der Waals surface area contributed by atoms with Gasteiger partial charge < -0.3 is 19.2 Å². The van der Waals surface area contributed by atoms with E-state index in [-0.39, 0.29) is 23.9 Å². The summed E-state index contributed by atoms with van der Waals surface area (Å²) in [7, 11) is 0. The second-order valence-corrected chi connectivity index (χ2v) is 5.88. The number of carbonyl (C=O) groups excluding carboxylic acids is 2. The number of rotatable bonds is 2. The van der Waals surface area contributed by atoms with E-state index in [1.807, 2.05) is 9.80 Å². The molecule has 6 nitrogen and oxygen atoms in total. The van der Waals surface area contributed by atoms with Crippen LogP contribution in [0.15, 0.2) is 41.3 Å². The van der Waals surface area contributed by atoms with Gasteiger partial charge in [-0.2, -0.15) is 0 Å². The number of amides is 2. The largest absolute Gasteiger partial charge is 0.459 e. The zero-order chi connectivity index (χ0) is 15.1. The van der Waals surface area contributed by atoms with E-state index >= 15 is 0 Å². The van der Waals surface area contributed by atoms with Crippen molar-refractivity contribution in [2.24, 2.45) is 0 Å². The molecule has 114 valence electrons. The van der Waals surface area contributed by atoms with Crippen LogP contribution in [0.2, 0.25) is 0 Å². The van der Waals surface area contributed by atoms with Gasteiger partial charge in [0.05, 0.1) is 23.9 Å². The van der Waals surface area contributed by atoms with Crippen molar-refractivity contribution in [3.05, 3.63) is 48.2 Å². The summed E-state index contributed by atoms with van der Waals surface area (Å²) < 4.78 is 5.23. The predicted molar refractivity (Wildman–Crippen MR) is 78.4 cm³/mol. The highest BCUT2D eigenvalue weighted by molar-refractivity contribution is 5.95. The van der Waals surface area contributed by atoms with Crippen LogP contribution in [0.5, 0.6) is 0 Å². The van der Waals surface area contributed by atoms with Crippen LogP contribution >= 0.6 is 0 Å². The lowest BCUT2D eigenvalue weighted by Crippen LogP contribution is -2.57. The summed E-state index contributed by atoms with van der Waals surface area (Å²) in [6.45, 7) is 1.18. The third kappa shape index (κ3) is 2.03. The molecule has 2 bridgehead atoms. The average molecular weight is 299 g/mol. The quantitative estimate of drug-likeness (QED) is 0.918. The summed E-state index contributed by atoms with van der Waals surface area (Å²) in [6, 6.07) is 5.36. The van der Waals surface area contributed by atoms with Crippen molar-refractivity contribution in [2.75, 3.05) is 13.1 Å². The van der Waals surface area contributed by atoms with Crippen LogP contribution < -0.4 is 0 Å². The second-order valence-electron chi connectivity index (χ2n) is 5.88. The molecule has 4 rings (SSSR count). The number of aromatic amines is 1. The Morgan fingerprint density at radius 2 is 1.91 bits per heavy atom. The third-order valence-corrected chi connectivity index (χ3v) is 4.58. The van der Waals surface area contributed by atoms with Crippen molar-refractivity contribution in [3.63, 3.8) is 0 Å². The number of aromatic nitrogens is 1. The van der Waals surface area contributed by atoms with E-state index in [4.69, 9.17) is 4.42 Å². The first-order valence-corrected chi connectivity index (χ1v) is 7.52. The van der Waals surface area contributed by atoms with Gasteiger partial charge in [-0.05, 0) is 31.0 Å². The van der Waals surface area contributed by atoms with Gasteiger partial charge >= 0.3 is 0 Å². The molecule has 2 atom stereocenters. The van der Waals surface area contributed by atoms with Gasteiger partial charge in [0.2, 0.25) is 0 Å². The lowest BCUT2D eigenvalue weighted by molar-refractivity contribution is 0.0341. The van der Waals surface area contributed by atoms with Crippen LogP contribution in [0.1, 0.15) is 33.8 Å². The average Bonchev–Trinajstić information content (AvgIpc) is 3.26. The summed E-state index contributed by atoms with van der Waals surface area (Å²) in [6.07, 6.45) is 6.85. The number of nitrogens with zero attached hydrogens (tertiary/aromatic N) is 2. The predicted octanol–water partition coefficient (Wildman–Crippen LogP) is 1.74. The third-order valence-electron chi connectivity index (χ3n) is 4.58. The number of hydrogen-bond acceptors (Lipinski definition) is 3. The number of furan rings is 1. The van der Waals surface area contributed by atoms with Gasteiger partial charge in [0.25, 0.3) is 11.8 Å². The molecule has 2 unspecified atom stereocenters. The maximum atomic E-state index is 12.6. The first-order chi connectivity index (χ1) is 10.7. The van der Waals surface area contributed by atoms with Crippen molar-refractivity contribution < 1.29 is 14.0 Å². The highest BCUT2D eigenvalue weighted by Crippen LogP contribution is 2.32. The fourth-order valence-corrected chi connectivity index (χ4v) is 3.57. The number of fused-ring (bicyclic) bond motifs is 2. The Hall–Kier alpha value is -2.50. The van der Waals surface area contributed by atoms with E-state index in [9.17, 15) is 9.59 Å². The maximum absolute atomic E-state index is 12.6. The number of H-pyrrole nitrogens is 1. The van der Waals surface area contributed by atoms with E-state index in [2.05, 4.69) is 4.98 Å². The molecule has 1 N–H and O–H groups in total. The summed E-state index contributed by atoms with van der Waals surface area (Å²) in [5.74, 6) is 0.344. The normalized spacial score (nSPS) is 23.8. The van der Waals surface area contributed by atoms with Crippen molar-refractivity contribution in [2.45, 2.75) is 24.9 Å². The smallest absolute Gasteiger partial charge is 0.290 e. The first kappa shape index (κ1) is 13.2.